The minimum Gasteiger partial charge on any atom is -0.247 e. The van der Waals surface area contributed by atoms with E-state index < -0.39 is 6.17 Å². The molecule has 2 fully saturated rings. The van der Waals surface area contributed by atoms with Gasteiger partial charge in [0.1, 0.15) is 6.17 Å². The van der Waals surface area contributed by atoms with Gasteiger partial charge in [-0.05, 0) is 81.0 Å². The van der Waals surface area contributed by atoms with Crippen LogP contribution in [0.4, 0.5) is 4.39 Å². The second kappa shape index (κ2) is 13.3. The summed E-state index contributed by atoms with van der Waals surface area (Å²) in [4.78, 5) is 0. The summed E-state index contributed by atoms with van der Waals surface area (Å²) >= 11 is 0. The molecular formula is C27H51F. The van der Waals surface area contributed by atoms with Crippen LogP contribution in [0, 0.1) is 35.5 Å². The van der Waals surface area contributed by atoms with Crippen molar-refractivity contribution in [2.24, 2.45) is 35.5 Å². The molecule has 0 N–H and O–H groups in total. The fourth-order valence-corrected chi connectivity index (χ4v) is 6.72. The van der Waals surface area contributed by atoms with Gasteiger partial charge in [-0.1, -0.05) is 85.0 Å². The first-order chi connectivity index (χ1) is 13.6. The molecule has 1 heteroatoms. The van der Waals surface area contributed by atoms with Crippen LogP contribution in [-0.4, -0.2) is 6.17 Å². The number of alkyl halides is 1. The molecular weight excluding hydrogens is 343 g/mol. The van der Waals surface area contributed by atoms with E-state index in [9.17, 15) is 4.39 Å². The predicted octanol–water partition coefficient (Wildman–Crippen LogP) is 9.37. The number of hydrogen-bond acceptors (Lipinski definition) is 0. The molecule has 0 bridgehead atoms. The highest BCUT2D eigenvalue weighted by atomic mass is 19.1. The number of unbranched alkanes of at least 4 members (excludes halogenated alkanes) is 2. The van der Waals surface area contributed by atoms with E-state index in [1.165, 1.54) is 96.3 Å². The van der Waals surface area contributed by atoms with Gasteiger partial charge in [0.2, 0.25) is 0 Å². The van der Waals surface area contributed by atoms with E-state index in [-0.39, 0.29) is 0 Å². The average molecular weight is 395 g/mol. The van der Waals surface area contributed by atoms with Crippen molar-refractivity contribution in [1.29, 1.82) is 0 Å². The molecule has 0 spiro atoms. The number of hydrogen-bond donors (Lipinski definition) is 0. The molecule has 0 aliphatic heterocycles. The van der Waals surface area contributed by atoms with Crippen LogP contribution in [0.15, 0.2) is 0 Å². The van der Waals surface area contributed by atoms with Gasteiger partial charge in [-0.3, -0.25) is 0 Å². The topological polar surface area (TPSA) is 0 Å². The van der Waals surface area contributed by atoms with Gasteiger partial charge in [-0.2, -0.15) is 0 Å². The van der Waals surface area contributed by atoms with Crippen LogP contribution in [0.5, 0.6) is 0 Å². The zero-order valence-corrected chi connectivity index (χ0v) is 19.7. The smallest absolute Gasteiger partial charge is 0.100 e. The molecule has 0 nitrogen and oxygen atoms in total. The third-order valence-corrected chi connectivity index (χ3v) is 8.79. The molecule has 0 saturated heterocycles. The quantitative estimate of drug-likeness (QED) is 0.289. The van der Waals surface area contributed by atoms with Gasteiger partial charge in [-0.15, -0.1) is 0 Å². The fraction of sp³-hybridized carbons (Fsp3) is 1.00. The normalized spacial score (nSPS) is 28.6. The summed E-state index contributed by atoms with van der Waals surface area (Å²) < 4.78 is 14.4. The van der Waals surface area contributed by atoms with Crippen molar-refractivity contribution in [2.75, 3.05) is 0 Å². The number of halogens is 1. The van der Waals surface area contributed by atoms with Gasteiger partial charge >= 0.3 is 0 Å². The molecule has 28 heavy (non-hydrogen) atoms. The summed E-state index contributed by atoms with van der Waals surface area (Å²) in [5, 5.41) is 0. The molecule has 0 aromatic heterocycles. The summed E-state index contributed by atoms with van der Waals surface area (Å²) in [7, 11) is 0. The van der Waals surface area contributed by atoms with Gasteiger partial charge in [0.05, 0.1) is 0 Å². The molecule has 4 unspecified atom stereocenters. The van der Waals surface area contributed by atoms with Crippen LogP contribution < -0.4 is 0 Å². The summed E-state index contributed by atoms with van der Waals surface area (Å²) in [6.45, 7) is 9.04. The minimum atomic E-state index is -0.611. The van der Waals surface area contributed by atoms with Crippen LogP contribution >= 0.6 is 0 Å². The Morgan fingerprint density at radius 2 is 1.36 bits per heavy atom. The first-order valence-electron chi connectivity index (χ1n) is 13.2. The highest BCUT2D eigenvalue weighted by molar-refractivity contribution is 4.83. The molecule has 0 heterocycles. The highest BCUT2D eigenvalue weighted by Gasteiger charge is 2.32. The standard InChI is InChI=1S/C27H51F/c1-5-7-9-12-21(3)24-15-17-25(18-16-24)23(6-2)19-20-27(22(4)28)26-13-10-8-11-14-26/h21-27H,5-20H2,1-4H3. The lowest BCUT2D eigenvalue weighted by Gasteiger charge is -2.37. The van der Waals surface area contributed by atoms with Crippen LogP contribution in [0.25, 0.3) is 0 Å². The van der Waals surface area contributed by atoms with Crippen molar-refractivity contribution in [3.8, 4) is 0 Å². The molecule has 0 radical (unpaired) electrons. The van der Waals surface area contributed by atoms with Crippen molar-refractivity contribution in [1.82, 2.24) is 0 Å². The lowest BCUT2D eigenvalue weighted by molar-refractivity contribution is 0.110. The Hall–Kier alpha value is -0.0700. The fourth-order valence-electron chi connectivity index (χ4n) is 6.72. The second-order valence-corrected chi connectivity index (χ2v) is 10.6. The van der Waals surface area contributed by atoms with Gasteiger partial charge < -0.3 is 0 Å². The Morgan fingerprint density at radius 1 is 0.714 bits per heavy atom. The lowest BCUT2D eigenvalue weighted by atomic mass is 9.68. The molecule has 2 aliphatic rings. The van der Waals surface area contributed by atoms with E-state index >= 15 is 0 Å². The van der Waals surface area contributed by atoms with Gasteiger partial charge in [0, 0.05) is 0 Å². The van der Waals surface area contributed by atoms with Crippen LogP contribution in [-0.2, 0) is 0 Å². The monoisotopic (exact) mass is 394 g/mol. The summed E-state index contributed by atoms with van der Waals surface area (Å²) in [6, 6.07) is 0. The van der Waals surface area contributed by atoms with Gasteiger partial charge in [0.25, 0.3) is 0 Å². The predicted molar refractivity (Wildman–Crippen MR) is 122 cm³/mol. The molecule has 2 aliphatic carbocycles. The van der Waals surface area contributed by atoms with Crippen LogP contribution in [0.2, 0.25) is 0 Å². The Labute approximate surface area is 176 Å². The SMILES string of the molecule is CCCCCC(C)C1CCC(C(CC)CCC(C(C)F)C2CCCCC2)CC1. The largest absolute Gasteiger partial charge is 0.247 e. The molecule has 2 rings (SSSR count). The molecule has 0 aromatic carbocycles. The van der Waals surface area contributed by atoms with Crippen molar-refractivity contribution in [3.63, 3.8) is 0 Å². The van der Waals surface area contributed by atoms with E-state index in [0.29, 0.717) is 11.8 Å². The maximum Gasteiger partial charge on any atom is 0.100 e. The molecule has 4 atom stereocenters. The van der Waals surface area contributed by atoms with Crippen LogP contribution in [0.3, 0.4) is 0 Å². The van der Waals surface area contributed by atoms with Crippen molar-refractivity contribution in [2.45, 2.75) is 137 Å². The average Bonchev–Trinajstić information content (AvgIpc) is 2.72. The Morgan fingerprint density at radius 3 is 1.93 bits per heavy atom. The Bertz CT molecular complexity index is 376. The maximum absolute atomic E-state index is 14.4. The first kappa shape index (κ1) is 24.2. The first-order valence-corrected chi connectivity index (χ1v) is 13.2. The van der Waals surface area contributed by atoms with E-state index in [4.69, 9.17) is 0 Å². The van der Waals surface area contributed by atoms with E-state index in [0.717, 1.165) is 30.1 Å². The zero-order valence-electron chi connectivity index (χ0n) is 19.7. The van der Waals surface area contributed by atoms with Crippen molar-refractivity contribution in [3.05, 3.63) is 0 Å². The van der Waals surface area contributed by atoms with Gasteiger partial charge in [0.15, 0.2) is 0 Å². The maximum atomic E-state index is 14.4. The summed E-state index contributed by atoms with van der Waals surface area (Å²) in [6.07, 6.45) is 21.2. The summed E-state index contributed by atoms with van der Waals surface area (Å²) in [5.74, 6) is 4.68. The molecule has 0 amide bonds. The molecule has 2 saturated carbocycles. The highest BCUT2D eigenvalue weighted by Crippen LogP contribution is 2.42. The van der Waals surface area contributed by atoms with Crippen LogP contribution in [0.1, 0.15) is 130 Å². The van der Waals surface area contributed by atoms with Crippen molar-refractivity contribution < 1.29 is 4.39 Å². The van der Waals surface area contributed by atoms with Gasteiger partial charge in [-0.25, -0.2) is 4.39 Å². The third-order valence-electron chi connectivity index (χ3n) is 8.79. The third kappa shape index (κ3) is 7.64. The van der Waals surface area contributed by atoms with E-state index in [1.807, 2.05) is 6.92 Å². The molecule has 0 aromatic rings. The van der Waals surface area contributed by atoms with E-state index in [1.54, 1.807) is 0 Å². The minimum absolute atomic E-state index is 0.337. The molecule has 166 valence electrons. The van der Waals surface area contributed by atoms with E-state index in [2.05, 4.69) is 20.8 Å². The Kier molecular flexibility index (Phi) is 11.5. The van der Waals surface area contributed by atoms with Crippen molar-refractivity contribution >= 4 is 0 Å². The Balaban J connectivity index is 1.76. The zero-order chi connectivity index (χ0) is 20.4. The lowest BCUT2D eigenvalue weighted by Crippen LogP contribution is -2.28. The summed E-state index contributed by atoms with van der Waals surface area (Å²) in [5.41, 5.74) is 0. The second-order valence-electron chi connectivity index (χ2n) is 10.6. The number of rotatable bonds is 12.